The Kier molecular flexibility index (Phi) is 6.81. The lowest BCUT2D eigenvalue weighted by Gasteiger charge is -2.21. The zero-order valence-electron chi connectivity index (χ0n) is 14.0. The third-order valence-corrected chi connectivity index (χ3v) is 4.69. The second-order valence-corrected chi connectivity index (χ2v) is 6.69. The van der Waals surface area contributed by atoms with Crippen molar-refractivity contribution in [3.8, 4) is 11.4 Å². The van der Waals surface area contributed by atoms with Crippen molar-refractivity contribution >= 4 is 29.9 Å². The fourth-order valence-corrected chi connectivity index (χ4v) is 3.22. The van der Waals surface area contributed by atoms with Crippen LogP contribution in [0.5, 0.6) is 0 Å². The number of amides is 1. The number of hydrogen-bond acceptors (Lipinski definition) is 5. The molecule has 25 heavy (non-hydrogen) atoms. The molecule has 1 aliphatic rings. The highest BCUT2D eigenvalue weighted by atomic mass is 35.5. The van der Waals surface area contributed by atoms with Gasteiger partial charge in [0.25, 0.3) is 0 Å². The van der Waals surface area contributed by atoms with Crippen LogP contribution >= 0.6 is 24.0 Å². The van der Waals surface area contributed by atoms with Gasteiger partial charge in [-0.2, -0.15) is 4.98 Å². The van der Waals surface area contributed by atoms with E-state index in [0.29, 0.717) is 42.0 Å². The highest BCUT2D eigenvalue weighted by Gasteiger charge is 2.31. The van der Waals surface area contributed by atoms with E-state index in [1.165, 1.54) is 0 Å². The molecule has 1 aromatic heterocycles. The maximum absolute atomic E-state index is 12.4. The summed E-state index contributed by atoms with van der Waals surface area (Å²) in [5.41, 5.74) is 6.54. The minimum atomic E-state index is 0. The Morgan fingerprint density at radius 3 is 2.76 bits per heavy atom. The molecule has 1 aromatic carbocycles. The summed E-state index contributed by atoms with van der Waals surface area (Å²) in [6.07, 6.45) is 1.78. The smallest absolute Gasteiger partial charge is 0.227 e. The molecule has 0 radical (unpaired) electrons. The van der Waals surface area contributed by atoms with Crippen molar-refractivity contribution in [2.75, 3.05) is 13.1 Å². The molecule has 136 valence electrons. The van der Waals surface area contributed by atoms with E-state index in [2.05, 4.69) is 17.1 Å². The average molecular weight is 385 g/mol. The Bertz CT molecular complexity index is 705. The highest BCUT2D eigenvalue weighted by Crippen LogP contribution is 2.23. The summed E-state index contributed by atoms with van der Waals surface area (Å²) < 4.78 is 5.25. The van der Waals surface area contributed by atoms with Crippen molar-refractivity contribution in [2.24, 2.45) is 11.7 Å². The number of carbonyl (C=O) groups is 1. The first-order chi connectivity index (χ1) is 11.6. The molecule has 2 atom stereocenters. The van der Waals surface area contributed by atoms with E-state index in [4.69, 9.17) is 21.9 Å². The van der Waals surface area contributed by atoms with Gasteiger partial charge in [0.2, 0.25) is 17.6 Å². The van der Waals surface area contributed by atoms with Crippen LogP contribution in [-0.2, 0) is 11.2 Å². The van der Waals surface area contributed by atoms with Gasteiger partial charge >= 0.3 is 0 Å². The second-order valence-electron chi connectivity index (χ2n) is 6.25. The standard InChI is InChI=1S/C17H21ClN4O2.ClH/c1-11-8-12(9-19)10-22(11)16(23)7-6-15-20-17(21-24-15)13-2-4-14(18)5-3-13;/h2-5,11-12H,6-10,19H2,1H3;1H. The molecule has 0 saturated carbocycles. The number of carbonyl (C=O) groups excluding carboxylic acids is 1. The minimum absolute atomic E-state index is 0. The molecule has 6 nitrogen and oxygen atoms in total. The number of benzene rings is 1. The predicted molar refractivity (Wildman–Crippen MR) is 98.6 cm³/mol. The van der Waals surface area contributed by atoms with Crippen molar-refractivity contribution in [1.82, 2.24) is 15.0 Å². The molecule has 1 aliphatic heterocycles. The molecule has 1 saturated heterocycles. The van der Waals surface area contributed by atoms with Gasteiger partial charge in [0.05, 0.1) is 0 Å². The van der Waals surface area contributed by atoms with E-state index in [0.717, 1.165) is 18.5 Å². The Morgan fingerprint density at radius 1 is 1.40 bits per heavy atom. The van der Waals surface area contributed by atoms with Gasteiger partial charge in [-0.25, -0.2) is 0 Å². The molecule has 0 bridgehead atoms. The number of aryl methyl sites for hydroxylation is 1. The lowest BCUT2D eigenvalue weighted by molar-refractivity contribution is -0.131. The first kappa shape index (κ1) is 19.7. The summed E-state index contributed by atoms with van der Waals surface area (Å²) in [6.45, 7) is 3.44. The molecule has 1 amide bonds. The molecular weight excluding hydrogens is 363 g/mol. The number of likely N-dealkylation sites (tertiary alicyclic amines) is 1. The number of nitrogens with two attached hydrogens (primary N) is 1. The summed E-state index contributed by atoms with van der Waals surface area (Å²) in [5.74, 6) is 1.50. The zero-order chi connectivity index (χ0) is 17.1. The Balaban J connectivity index is 0.00000225. The monoisotopic (exact) mass is 384 g/mol. The summed E-state index contributed by atoms with van der Waals surface area (Å²) in [4.78, 5) is 18.6. The first-order valence-electron chi connectivity index (χ1n) is 8.15. The van der Waals surface area contributed by atoms with Gasteiger partial charge in [-0.05, 0) is 50.1 Å². The van der Waals surface area contributed by atoms with Gasteiger partial charge in [0.15, 0.2) is 0 Å². The maximum Gasteiger partial charge on any atom is 0.227 e. The number of aromatic nitrogens is 2. The van der Waals surface area contributed by atoms with Crippen LogP contribution in [0.3, 0.4) is 0 Å². The van der Waals surface area contributed by atoms with Gasteiger partial charge in [-0.3, -0.25) is 4.79 Å². The van der Waals surface area contributed by atoms with Crippen LogP contribution in [0.15, 0.2) is 28.8 Å². The lowest BCUT2D eigenvalue weighted by Crippen LogP contribution is -2.34. The molecule has 2 unspecified atom stereocenters. The lowest BCUT2D eigenvalue weighted by atomic mass is 10.1. The van der Waals surface area contributed by atoms with Gasteiger partial charge in [-0.15, -0.1) is 12.4 Å². The number of halogens is 2. The molecule has 2 N–H and O–H groups in total. The average Bonchev–Trinajstić information content (AvgIpc) is 3.20. The van der Waals surface area contributed by atoms with Gasteiger partial charge in [-0.1, -0.05) is 16.8 Å². The largest absolute Gasteiger partial charge is 0.340 e. The van der Waals surface area contributed by atoms with E-state index in [9.17, 15) is 4.79 Å². The quantitative estimate of drug-likeness (QED) is 0.856. The topological polar surface area (TPSA) is 85.2 Å². The molecule has 2 heterocycles. The Morgan fingerprint density at radius 2 is 2.12 bits per heavy atom. The SMILES string of the molecule is CC1CC(CN)CN1C(=O)CCc1nc(-c2ccc(Cl)cc2)no1.Cl. The molecule has 3 rings (SSSR count). The van der Waals surface area contributed by atoms with Crippen molar-refractivity contribution < 1.29 is 9.32 Å². The van der Waals surface area contributed by atoms with Crippen LogP contribution in [-0.4, -0.2) is 40.1 Å². The van der Waals surface area contributed by atoms with E-state index in [1.807, 2.05) is 17.0 Å². The van der Waals surface area contributed by atoms with Gasteiger partial charge in [0, 0.05) is 36.0 Å². The summed E-state index contributed by atoms with van der Waals surface area (Å²) in [5, 5.41) is 4.62. The second kappa shape index (κ2) is 8.65. The van der Waals surface area contributed by atoms with Crippen LogP contribution in [0.1, 0.15) is 25.7 Å². The highest BCUT2D eigenvalue weighted by molar-refractivity contribution is 6.30. The maximum atomic E-state index is 12.4. The number of rotatable bonds is 5. The Labute approximate surface area is 158 Å². The van der Waals surface area contributed by atoms with E-state index >= 15 is 0 Å². The zero-order valence-corrected chi connectivity index (χ0v) is 15.6. The molecule has 8 heteroatoms. The van der Waals surface area contributed by atoms with Crippen LogP contribution < -0.4 is 5.73 Å². The van der Waals surface area contributed by atoms with Gasteiger partial charge < -0.3 is 15.2 Å². The van der Waals surface area contributed by atoms with Crippen LogP contribution in [0.25, 0.3) is 11.4 Å². The van der Waals surface area contributed by atoms with Crippen LogP contribution in [0.2, 0.25) is 5.02 Å². The minimum Gasteiger partial charge on any atom is -0.340 e. The summed E-state index contributed by atoms with van der Waals surface area (Å²) >= 11 is 5.87. The summed E-state index contributed by atoms with van der Waals surface area (Å²) in [7, 11) is 0. The molecule has 2 aromatic rings. The third-order valence-electron chi connectivity index (χ3n) is 4.44. The molecule has 0 aliphatic carbocycles. The fraction of sp³-hybridized carbons (Fsp3) is 0.471. The molecule has 0 spiro atoms. The van der Waals surface area contributed by atoms with E-state index in [-0.39, 0.29) is 24.4 Å². The number of hydrogen-bond donors (Lipinski definition) is 1. The van der Waals surface area contributed by atoms with Crippen LogP contribution in [0.4, 0.5) is 0 Å². The first-order valence-corrected chi connectivity index (χ1v) is 8.52. The van der Waals surface area contributed by atoms with E-state index in [1.54, 1.807) is 12.1 Å². The number of nitrogens with zero attached hydrogens (tertiary/aromatic N) is 3. The third kappa shape index (κ3) is 4.71. The predicted octanol–water partition coefficient (Wildman–Crippen LogP) is 2.94. The van der Waals surface area contributed by atoms with E-state index < -0.39 is 0 Å². The summed E-state index contributed by atoms with van der Waals surface area (Å²) in [6, 6.07) is 7.47. The molecular formula is C17H22Cl2N4O2. The van der Waals surface area contributed by atoms with Gasteiger partial charge in [0.1, 0.15) is 0 Å². The molecule has 1 fully saturated rings. The fourth-order valence-electron chi connectivity index (χ4n) is 3.09. The Hall–Kier alpha value is -1.63. The van der Waals surface area contributed by atoms with Crippen LogP contribution in [0, 0.1) is 5.92 Å². The van der Waals surface area contributed by atoms with Crippen molar-refractivity contribution in [3.63, 3.8) is 0 Å². The van der Waals surface area contributed by atoms with Crippen molar-refractivity contribution in [1.29, 1.82) is 0 Å². The van der Waals surface area contributed by atoms with Crippen molar-refractivity contribution in [3.05, 3.63) is 35.2 Å². The normalized spacial score (nSPS) is 19.7. The van der Waals surface area contributed by atoms with Crippen molar-refractivity contribution in [2.45, 2.75) is 32.2 Å².